The summed E-state index contributed by atoms with van der Waals surface area (Å²) in [5.41, 5.74) is 1.92. The van der Waals surface area contributed by atoms with E-state index in [1.54, 1.807) is 0 Å². The van der Waals surface area contributed by atoms with Crippen LogP contribution in [-0.4, -0.2) is 29.9 Å². The molecule has 2 aliphatic heterocycles. The second-order valence-electron chi connectivity index (χ2n) is 7.40. The number of fused-ring (bicyclic) bond motifs is 1. The van der Waals surface area contributed by atoms with Crippen molar-refractivity contribution in [1.82, 2.24) is 9.97 Å². The van der Waals surface area contributed by atoms with E-state index in [2.05, 4.69) is 10.2 Å². The molecule has 0 spiro atoms. The molecule has 2 aliphatic rings. The van der Waals surface area contributed by atoms with Crippen molar-refractivity contribution in [2.45, 2.75) is 25.7 Å². The number of aromatic nitrogens is 2. The molecule has 1 fully saturated rings. The van der Waals surface area contributed by atoms with Gasteiger partial charge in [0.1, 0.15) is 11.6 Å². The molecule has 0 atom stereocenters. The number of ether oxygens (including phenoxy) is 2. The van der Waals surface area contributed by atoms with Gasteiger partial charge in [0.05, 0.1) is 0 Å². The van der Waals surface area contributed by atoms with E-state index in [0.29, 0.717) is 0 Å². The van der Waals surface area contributed by atoms with E-state index in [4.69, 9.17) is 19.4 Å². The van der Waals surface area contributed by atoms with Crippen LogP contribution in [0.4, 0.5) is 17.3 Å². The quantitative estimate of drug-likeness (QED) is 0.679. The van der Waals surface area contributed by atoms with Crippen molar-refractivity contribution in [3.63, 3.8) is 0 Å². The summed E-state index contributed by atoms with van der Waals surface area (Å²) in [4.78, 5) is 12.1. The fraction of sp³-hybridized carbons (Fsp3) is 0.304. The Labute approximate surface area is 170 Å². The molecule has 1 aromatic heterocycles. The van der Waals surface area contributed by atoms with Gasteiger partial charge in [-0.05, 0) is 25.0 Å². The van der Waals surface area contributed by atoms with E-state index < -0.39 is 0 Å². The van der Waals surface area contributed by atoms with Crippen molar-refractivity contribution >= 4 is 17.3 Å². The summed E-state index contributed by atoms with van der Waals surface area (Å²) in [6.07, 6.45) is 4.98. The molecule has 1 N–H and O–H groups in total. The zero-order valence-corrected chi connectivity index (χ0v) is 16.3. The first kappa shape index (κ1) is 17.8. The van der Waals surface area contributed by atoms with Gasteiger partial charge in [0, 0.05) is 36.5 Å². The van der Waals surface area contributed by atoms with Crippen molar-refractivity contribution in [3.05, 3.63) is 54.6 Å². The Morgan fingerprint density at radius 2 is 1.59 bits per heavy atom. The molecular formula is C23H24N4O2. The molecule has 3 aromatic rings. The monoisotopic (exact) mass is 388 g/mol. The maximum Gasteiger partial charge on any atom is 0.231 e. The molecule has 1 saturated heterocycles. The van der Waals surface area contributed by atoms with Crippen molar-refractivity contribution in [1.29, 1.82) is 0 Å². The lowest BCUT2D eigenvalue weighted by molar-refractivity contribution is 0.174. The molecule has 3 heterocycles. The van der Waals surface area contributed by atoms with Crippen LogP contribution in [0.5, 0.6) is 11.5 Å². The van der Waals surface area contributed by atoms with Crippen molar-refractivity contribution in [2.75, 3.05) is 30.1 Å². The van der Waals surface area contributed by atoms with Gasteiger partial charge in [0.2, 0.25) is 6.79 Å². The maximum absolute atomic E-state index is 5.50. The first-order valence-corrected chi connectivity index (χ1v) is 10.2. The van der Waals surface area contributed by atoms with Crippen LogP contribution >= 0.6 is 0 Å². The van der Waals surface area contributed by atoms with Gasteiger partial charge in [-0.3, -0.25) is 0 Å². The lowest BCUT2D eigenvalue weighted by Crippen LogP contribution is -2.25. The summed E-state index contributed by atoms with van der Waals surface area (Å²) in [5, 5.41) is 3.43. The Morgan fingerprint density at radius 1 is 0.793 bits per heavy atom. The molecule has 0 unspecified atom stereocenters. The number of hydrogen-bond donors (Lipinski definition) is 1. The number of benzene rings is 2. The SMILES string of the molecule is c1ccc(-c2nc(Nc3ccc4c(c3)OCO4)cc(N3CCCCCC3)n2)cc1. The standard InChI is InChI=1S/C23H24N4O2/c1-2-7-13-27(12-6-1)22-15-21(25-23(26-22)17-8-4-3-5-9-17)24-18-10-11-19-20(14-18)29-16-28-19/h3-5,8-11,14-15H,1-2,6-7,12-13,16H2,(H,24,25,26). The van der Waals surface area contributed by atoms with Crippen molar-refractivity contribution in [2.24, 2.45) is 0 Å². The largest absolute Gasteiger partial charge is 0.454 e. The van der Waals surface area contributed by atoms with Crippen LogP contribution in [0.25, 0.3) is 11.4 Å². The summed E-state index contributed by atoms with van der Waals surface area (Å²) in [6.45, 7) is 2.34. The van der Waals surface area contributed by atoms with Crippen molar-refractivity contribution < 1.29 is 9.47 Å². The van der Waals surface area contributed by atoms with Crippen LogP contribution in [0.2, 0.25) is 0 Å². The third-order valence-corrected chi connectivity index (χ3v) is 5.32. The van der Waals surface area contributed by atoms with Gasteiger partial charge in [-0.15, -0.1) is 0 Å². The minimum absolute atomic E-state index is 0.267. The first-order valence-electron chi connectivity index (χ1n) is 10.2. The normalized spacial score (nSPS) is 15.8. The zero-order chi connectivity index (χ0) is 19.5. The molecule has 148 valence electrons. The number of nitrogens with one attached hydrogen (secondary N) is 1. The Bertz CT molecular complexity index is 985. The maximum atomic E-state index is 5.50. The molecule has 0 aliphatic carbocycles. The Kier molecular flexibility index (Phi) is 4.90. The predicted octanol–water partition coefficient (Wildman–Crippen LogP) is 5.00. The smallest absolute Gasteiger partial charge is 0.231 e. The minimum atomic E-state index is 0.267. The average molecular weight is 388 g/mol. The second kappa shape index (κ2) is 7.99. The number of hydrogen-bond acceptors (Lipinski definition) is 6. The summed E-state index contributed by atoms with van der Waals surface area (Å²) < 4.78 is 10.9. The van der Waals surface area contributed by atoms with Crippen LogP contribution in [0.1, 0.15) is 25.7 Å². The highest BCUT2D eigenvalue weighted by Gasteiger charge is 2.16. The van der Waals surface area contributed by atoms with E-state index in [1.165, 1.54) is 25.7 Å². The van der Waals surface area contributed by atoms with E-state index >= 15 is 0 Å². The lowest BCUT2D eigenvalue weighted by Gasteiger charge is -2.22. The second-order valence-corrected chi connectivity index (χ2v) is 7.40. The molecule has 0 bridgehead atoms. The Balaban J connectivity index is 1.50. The lowest BCUT2D eigenvalue weighted by atomic mass is 10.2. The summed E-state index contributed by atoms with van der Waals surface area (Å²) in [6, 6.07) is 18.0. The molecule has 2 aromatic carbocycles. The van der Waals surface area contributed by atoms with Gasteiger partial charge in [0.25, 0.3) is 0 Å². The van der Waals surface area contributed by atoms with Gasteiger partial charge < -0.3 is 19.7 Å². The van der Waals surface area contributed by atoms with Gasteiger partial charge in [0.15, 0.2) is 17.3 Å². The van der Waals surface area contributed by atoms with Gasteiger partial charge in [-0.25, -0.2) is 9.97 Å². The van der Waals surface area contributed by atoms with Gasteiger partial charge >= 0.3 is 0 Å². The van der Waals surface area contributed by atoms with Crippen molar-refractivity contribution in [3.8, 4) is 22.9 Å². The van der Waals surface area contributed by atoms with E-state index in [-0.39, 0.29) is 6.79 Å². The Morgan fingerprint density at radius 3 is 2.41 bits per heavy atom. The van der Waals surface area contributed by atoms with Gasteiger partial charge in [-0.1, -0.05) is 43.2 Å². The van der Waals surface area contributed by atoms with Crippen LogP contribution in [0.3, 0.4) is 0 Å². The van der Waals surface area contributed by atoms with E-state index in [1.807, 2.05) is 54.6 Å². The highest BCUT2D eigenvalue weighted by molar-refractivity contribution is 5.67. The molecule has 6 nitrogen and oxygen atoms in total. The molecule has 0 radical (unpaired) electrons. The van der Waals surface area contributed by atoms with Crippen LogP contribution in [0, 0.1) is 0 Å². The van der Waals surface area contributed by atoms with Gasteiger partial charge in [-0.2, -0.15) is 0 Å². The summed E-state index contributed by atoms with van der Waals surface area (Å²) >= 11 is 0. The molecular weight excluding hydrogens is 364 g/mol. The zero-order valence-electron chi connectivity index (χ0n) is 16.3. The average Bonchev–Trinajstić information content (AvgIpc) is 3.05. The highest BCUT2D eigenvalue weighted by atomic mass is 16.7. The highest BCUT2D eigenvalue weighted by Crippen LogP contribution is 2.35. The fourth-order valence-corrected chi connectivity index (χ4v) is 3.80. The van der Waals surface area contributed by atoms with E-state index in [0.717, 1.165) is 53.3 Å². The predicted molar refractivity (Wildman–Crippen MR) is 114 cm³/mol. The summed E-state index contributed by atoms with van der Waals surface area (Å²) in [5.74, 6) is 4.00. The minimum Gasteiger partial charge on any atom is -0.454 e. The molecule has 5 rings (SSSR count). The summed E-state index contributed by atoms with van der Waals surface area (Å²) in [7, 11) is 0. The third-order valence-electron chi connectivity index (χ3n) is 5.32. The van der Waals surface area contributed by atoms with Crippen LogP contribution in [-0.2, 0) is 0 Å². The van der Waals surface area contributed by atoms with Crippen LogP contribution < -0.4 is 19.7 Å². The molecule has 29 heavy (non-hydrogen) atoms. The molecule has 6 heteroatoms. The van der Waals surface area contributed by atoms with E-state index in [9.17, 15) is 0 Å². The molecule has 0 amide bonds. The third kappa shape index (κ3) is 3.97. The topological polar surface area (TPSA) is 59.5 Å². The first-order chi connectivity index (χ1) is 14.3. The number of anilines is 3. The number of nitrogens with zero attached hydrogens (tertiary/aromatic N) is 3. The number of rotatable bonds is 4. The Hall–Kier alpha value is -3.28. The van der Waals surface area contributed by atoms with Crippen LogP contribution in [0.15, 0.2) is 54.6 Å². The fourth-order valence-electron chi connectivity index (χ4n) is 3.80. The molecule has 0 saturated carbocycles.